The topological polar surface area (TPSA) is 108 Å². The molecule has 0 aromatic heterocycles. The first-order valence-corrected chi connectivity index (χ1v) is 8.94. The van der Waals surface area contributed by atoms with Crippen LogP contribution in [-0.2, 0) is 4.79 Å². The normalized spacial score (nSPS) is 16.5. The van der Waals surface area contributed by atoms with Crippen LogP contribution in [0.4, 0.5) is 16.2 Å². The molecule has 1 aliphatic rings. The number of hydrogen-bond donors (Lipinski definition) is 2. The maximum Gasteiger partial charge on any atom is 0.321 e. The number of urea groups is 1. The van der Waals surface area contributed by atoms with E-state index in [1.807, 2.05) is 30.6 Å². The number of imide groups is 1. The monoisotopic (exact) mass is 377 g/mol. The summed E-state index contributed by atoms with van der Waals surface area (Å²) in [6.07, 6.45) is 0. The molecule has 0 bridgehead atoms. The summed E-state index contributed by atoms with van der Waals surface area (Å²) in [6, 6.07) is 5.67. The summed E-state index contributed by atoms with van der Waals surface area (Å²) in [7, 11) is 0. The van der Waals surface area contributed by atoms with Gasteiger partial charge in [0.2, 0.25) is 5.91 Å². The predicted molar refractivity (Wildman–Crippen MR) is 103 cm³/mol. The van der Waals surface area contributed by atoms with Crippen molar-refractivity contribution >= 4 is 23.3 Å². The smallest absolute Gasteiger partial charge is 0.321 e. The maximum absolute atomic E-state index is 12.3. The Morgan fingerprint density at radius 1 is 1.15 bits per heavy atom. The zero-order valence-electron chi connectivity index (χ0n) is 16.2. The molecule has 0 aliphatic carbocycles. The van der Waals surface area contributed by atoms with Gasteiger partial charge in [-0.15, -0.1) is 0 Å². The van der Waals surface area contributed by atoms with Gasteiger partial charge in [0.15, 0.2) is 0 Å². The van der Waals surface area contributed by atoms with Crippen LogP contribution >= 0.6 is 0 Å². The summed E-state index contributed by atoms with van der Waals surface area (Å²) < 4.78 is 0. The number of amides is 3. The Bertz CT molecular complexity index is 708. The van der Waals surface area contributed by atoms with Crippen LogP contribution in [0.25, 0.3) is 0 Å². The average Bonchev–Trinajstić information content (AvgIpc) is 2.59. The van der Waals surface area contributed by atoms with Crippen molar-refractivity contribution in [1.29, 1.82) is 0 Å². The molecule has 2 N–H and O–H groups in total. The fourth-order valence-corrected chi connectivity index (χ4v) is 2.99. The first-order chi connectivity index (χ1) is 12.6. The molecule has 1 saturated heterocycles. The van der Waals surface area contributed by atoms with Crippen molar-refractivity contribution in [2.75, 3.05) is 31.1 Å². The predicted octanol–water partition coefficient (Wildman–Crippen LogP) is 1.73. The first-order valence-electron chi connectivity index (χ1n) is 8.94. The van der Waals surface area contributed by atoms with Crippen LogP contribution in [0.3, 0.4) is 0 Å². The van der Waals surface area contributed by atoms with Gasteiger partial charge in [-0.25, -0.2) is 4.79 Å². The fourth-order valence-electron chi connectivity index (χ4n) is 2.99. The highest BCUT2D eigenvalue weighted by molar-refractivity contribution is 5.97. The van der Waals surface area contributed by atoms with Crippen molar-refractivity contribution in [3.63, 3.8) is 0 Å². The molecule has 0 radical (unpaired) electrons. The van der Waals surface area contributed by atoms with Crippen LogP contribution in [0.1, 0.15) is 27.7 Å². The molecule has 27 heavy (non-hydrogen) atoms. The molecule has 1 atom stereocenters. The Balaban J connectivity index is 1.92. The Morgan fingerprint density at radius 2 is 1.74 bits per heavy atom. The van der Waals surface area contributed by atoms with Crippen molar-refractivity contribution in [3.8, 4) is 0 Å². The van der Waals surface area contributed by atoms with Gasteiger partial charge in [0.05, 0.1) is 11.0 Å². The van der Waals surface area contributed by atoms with Gasteiger partial charge in [0.25, 0.3) is 5.69 Å². The Labute approximate surface area is 158 Å². The lowest BCUT2D eigenvalue weighted by molar-refractivity contribution is -0.384. The SMILES string of the molecule is C[C@@H](C(=O)NC(=O)NC(C)(C)C)N1CCN(c2ccccc2[N+](=O)[O-])CC1. The second-order valence-electron chi connectivity index (χ2n) is 7.64. The Morgan fingerprint density at radius 3 is 2.30 bits per heavy atom. The third kappa shape index (κ3) is 5.65. The van der Waals surface area contributed by atoms with Crippen molar-refractivity contribution in [3.05, 3.63) is 34.4 Å². The quantitative estimate of drug-likeness (QED) is 0.611. The van der Waals surface area contributed by atoms with Gasteiger partial charge in [0, 0.05) is 37.8 Å². The highest BCUT2D eigenvalue weighted by Crippen LogP contribution is 2.28. The highest BCUT2D eigenvalue weighted by atomic mass is 16.6. The van der Waals surface area contributed by atoms with E-state index in [0.717, 1.165) is 0 Å². The summed E-state index contributed by atoms with van der Waals surface area (Å²) >= 11 is 0. The molecule has 3 amide bonds. The molecule has 0 saturated carbocycles. The van der Waals surface area contributed by atoms with E-state index in [0.29, 0.717) is 31.9 Å². The number of para-hydroxylation sites is 2. The molecule has 1 aliphatic heterocycles. The van der Waals surface area contributed by atoms with Crippen LogP contribution in [0.5, 0.6) is 0 Å². The van der Waals surface area contributed by atoms with Crippen molar-refractivity contribution in [1.82, 2.24) is 15.5 Å². The van der Waals surface area contributed by atoms with Gasteiger partial charge < -0.3 is 10.2 Å². The Hall–Kier alpha value is -2.68. The van der Waals surface area contributed by atoms with E-state index in [4.69, 9.17) is 0 Å². The number of nitro groups is 1. The molecule has 1 aromatic carbocycles. The molecule has 0 spiro atoms. The molecule has 1 heterocycles. The lowest BCUT2D eigenvalue weighted by Crippen LogP contribution is -2.56. The van der Waals surface area contributed by atoms with Gasteiger partial charge in [-0.2, -0.15) is 0 Å². The van der Waals surface area contributed by atoms with E-state index < -0.39 is 17.6 Å². The summed E-state index contributed by atoms with van der Waals surface area (Å²) in [4.78, 5) is 38.9. The van der Waals surface area contributed by atoms with Crippen LogP contribution < -0.4 is 15.5 Å². The number of nitro benzene ring substituents is 1. The molecule has 9 heteroatoms. The highest BCUT2D eigenvalue weighted by Gasteiger charge is 2.29. The number of nitrogens with one attached hydrogen (secondary N) is 2. The molecular formula is C18H27N5O4. The first kappa shape index (κ1) is 20.6. The summed E-state index contributed by atoms with van der Waals surface area (Å²) in [5, 5.41) is 16.3. The average molecular weight is 377 g/mol. The number of rotatable bonds is 4. The third-order valence-corrected chi connectivity index (χ3v) is 4.39. The molecule has 148 valence electrons. The van der Waals surface area contributed by atoms with E-state index >= 15 is 0 Å². The zero-order chi connectivity index (χ0) is 20.2. The summed E-state index contributed by atoms with van der Waals surface area (Å²) in [5.74, 6) is -0.365. The lowest BCUT2D eigenvalue weighted by atomic mass is 10.1. The second-order valence-corrected chi connectivity index (χ2v) is 7.64. The second kappa shape index (κ2) is 8.34. The van der Waals surface area contributed by atoms with Crippen LogP contribution in [0, 0.1) is 10.1 Å². The molecule has 1 fully saturated rings. The minimum Gasteiger partial charge on any atom is -0.363 e. The number of piperazine rings is 1. The zero-order valence-corrected chi connectivity index (χ0v) is 16.2. The lowest BCUT2D eigenvalue weighted by Gasteiger charge is -2.38. The van der Waals surface area contributed by atoms with Crippen LogP contribution in [-0.4, -0.2) is 59.5 Å². The minimum absolute atomic E-state index is 0.0793. The van der Waals surface area contributed by atoms with Gasteiger partial charge >= 0.3 is 6.03 Å². The number of anilines is 1. The summed E-state index contributed by atoms with van der Waals surface area (Å²) in [5.41, 5.74) is 0.239. The van der Waals surface area contributed by atoms with Gasteiger partial charge in [0.1, 0.15) is 5.69 Å². The van der Waals surface area contributed by atoms with Crippen LogP contribution in [0.2, 0.25) is 0 Å². The molecular weight excluding hydrogens is 350 g/mol. The van der Waals surface area contributed by atoms with Crippen molar-refractivity contribution in [2.45, 2.75) is 39.3 Å². The largest absolute Gasteiger partial charge is 0.363 e. The third-order valence-electron chi connectivity index (χ3n) is 4.39. The number of carbonyl (C=O) groups is 2. The molecule has 0 unspecified atom stereocenters. The number of hydrogen-bond acceptors (Lipinski definition) is 6. The standard InChI is InChI=1S/C18H27N5O4/c1-13(16(24)19-17(25)20-18(2,3)4)21-9-11-22(12-10-21)14-7-5-6-8-15(14)23(26)27/h5-8,13H,9-12H2,1-4H3,(H2,19,20,24,25)/t13-/m0/s1. The van der Waals surface area contributed by atoms with E-state index in [9.17, 15) is 19.7 Å². The Kier molecular flexibility index (Phi) is 6.37. The number of benzene rings is 1. The van der Waals surface area contributed by atoms with Gasteiger partial charge in [-0.1, -0.05) is 12.1 Å². The van der Waals surface area contributed by atoms with Gasteiger partial charge in [-0.3, -0.25) is 25.1 Å². The maximum atomic E-state index is 12.3. The molecule has 9 nitrogen and oxygen atoms in total. The van der Waals surface area contributed by atoms with Crippen LogP contribution in [0.15, 0.2) is 24.3 Å². The number of carbonyl (C=O) groups excluding carboxylic acids is 2. The van der Waals surface area contributed by atoms with E-state index in [1.54, 1.807) is 25.1 Å². The summed E-state index contributed by atoms with van der Waals surface area (Å²) in [6.45, 7) is 9.53. The molecule has 2 rings (SSSR count). The number of nitrogens with zero attached hydrogens (tertiary/aromatic N) is 3. The minimum atomic E-state index is -0.516. The van der Waals surface area contributed by atoms with Crippen molar-refractivity contribution < 1.29 is 14.5 Å². The molecule has 1 aromatic rings. The van der Waals surface area contributed by atoms with Crippen molar-refractivity contribution in [2.24, 2.45) is 0 Å². The van der Waals surface area contributed by atoms with Gasteiger partial charge in [-0.05, 0) is 33.8 Å². The van der Waals surface area contributed by atoms with E-state index in [2.05, 4.69) is 10.6 Å². The fraction of sp³-hybridized carbons (Fsp3) is 0.556. The van der Waals surface area contributed by atoms with E-state index in [-0.39, 0.29) is 16.5 Å². The van der Waals surface area contributed by atoms with E-state index in [1.165, 1.54) is 6.07 Å².